The molecule has 0 aliphatic rings. The van der Waals surface area contributed by atoms with Gasteiger partial charge in [-0.1, -0.05) is 25.5 Å². The average Bonchev–Trinajstić information content (AvgIpc) is 2.81. The van der Waals surface area contributed by atoms with E-state index in [4.69, 9.17) is 4.74 Å². The molecule has 5 heteroatoms. The molecule has 0 amide bonds. The largest absolute Gasteiger partial charge is 0.483 e. The molecule has 2 rings (SSSR count). The van der Waals surface area contributed by atoms with Gasteiger partial charge in [-0.15, -0.1) is 11.3 Å². The van der Waals surface area contributed by atoms with Crippen molar-refractivity contribution < 1.29 is 9.13 Å². The quantitative estimate of drug-likeness (QED) is 0.805. The molecule has 19 heavy (non-hydrogen) atoms. The van der Waals surface area contributed by atoms with Gasteiger partial charge in [0, 0.05) is 10.6 Å². The molecule has 2 aromatic rings. The van der Waals surface area contributed by atoms with Crippen LogP contribution >= 0.6 is 24.0 Å². The number of benzene rings is 1. The van der Waals surface area contributed by atoms with Gasteiger partial charge >= 0.3 is 0 Å². The number of ether oxygens (including phenoxy) is 1. The first kappa shape index (κ1) is 14.3. The maximum Gasteiger partial charge on any atom is 0.165 e. The van der Waals surface area contributed by atoms with Crippen LogP contribution in [0.3, 0.4) is 0 Å². The van der Waals surface area contributed by atoms with E-state index in [9.17, 15) is 4.39 Å². The van der Waals surface area contributed by atoms with Crippen LogP contribution in [0.2, 0.25) is 0 Å². The fourth-order valence-corrected chi connectivity index (χ4v) is 3.02. The minimum absolute atomic E-state index is 0.266. The summed E-state index contributed by atoms with van der Waals surface area (Å²) in [5, 5.41) is 0.871. The first-order chi connectivity index (χ1) is 9.24. The average molecular weight is 297 g/mol. The van der Waals surface area contributed by atoms with E-state index in [2.05, 4.69) is 24.5 Å². The Kier molecular flexibility index (Phi) is 5.22. The Balaban J connectivity index is 2.05. The molecule has 0 N–H and O–H groups in total. The summed E-state index contributed by atoms with van der Waals surface area (Å²) in [6.45, 7) is 2.42. The number of hydrogen-bond acceptors (Lipinski definition) is 4. The van der Waals surface area contributed by atoms with Crippen molar-refractivity contribution in [1.82, 2.24) is 4.98 Å². The summed E-state index contributed by atoms with van der Waals surface area (Å²) < 4.78 is 18.9. The molecule has 0 saturated heterocycles. The topological polar surface area (TPSA) is 22.1 Å². The third-order valence-electron chi connectivity index (χ3n) is 2.64. The van der Waals surface area contributed by atoms with Crippen molar-refractivity contribution in [2.24, 2.45) is 0 Å². The molecule has 0 spiro atoms. The van der Waals surface area contributed by atoms with Gasteiger partial charge in [-0.05, 0) is 18.6 Å². The molecule has 102 valence electrons. The Morgan fingerprint density at radius 1 is 1.37 bits per heavy atom. The van der Waals surface area contributed by atoms with Crippen molar-refractivity contribution in [3.8, 4) is 5.75 Å². The van der Waals surface area contributed by atoms with Crippen molar-refractivity contribution in [1.29, 1.82) is 0 Å². The number of para-hydroxylation sites is 1. The van der Waals surface area contributed by atoms with Crippen molar-refractivity contribution >= 4 is 24.0 Å². The second-order valence-corrected chi connectivity index (χ2v) is 5.59. The Morgan fingerprint density at radius 2 is 2.16 bits per heavy atom. The molecular formula is C14H16FNOS2. The molecule has 1 heterocycles. The molecule has 0 saturated carbocycles. The Labute approximate surface area is 122 Å². The number of halogens is 1. The highest BCUT2D eigenvalue weighted by Crippen LogP contribution is 2.24. The second kappa shape index (κ2) is 6.91. The first-order valence-electron chi connectivity index (χ1n) is 6.20. The third kappa shape index (κ3) is 3.70. The second-order valence-electron chi connectivity index (χ2n) is 4.10. The summed E-state index contributed by atoms with van der Waals surface area (Å²) in [4.78, 5) is 5.72. The normalized spacial score (nSPS) is 10.7. The van der Waals surface area contributed by atoms with Crippen molar-refractivity contribution in [2.45, 2.75) is 32.1 Å². The van der Waals surface area contributed by atoms with Gasteiger partial charge in [-0.3, -0.25) is 0 Å². The van der Waals surface area contributed by atoms with E-state index in [0.717, 1.165) is 23.5 Å². The van der Waals surface area contributed by atoms with Crippen LogP contribution in [0.4, 0.5) is 4.39 Å². The fraction of sp³-hybridized carbons (Fsp3) is 0.357. The third-order valence-corrected chi connectivity index (χ3v) is 4.24. The van der Waals surface area contributed by atoms with Crippen LogP contribution in [0.1, 0.15) is 28.9 Å². The number of aromatic nitrogens is 1. The van der Waals surface area contributed by atoms with Gasteiger partial charge in [0.05, 0.1) is 5.69 Å². The SMILES string of the molecule is CCCc1nc(COc2ccccc2F)sc1CS. The van der Waals surface area contributed by atoms with E-state index in [1.165, 1.54) is 10.9 Å². The summed E-state index contributed by atoms with van der Waals surface area (Å²) in [7, 11) is 0. The number of aryl methyl sites for hydroxylation is 1. The lowest BCUT2D eigenvalue weighted by molar-refractivity contribution is 0.289. The lowest BCUT2D eigenvalue weighted by atomic mass is 10.2. The zero-order valence-electron chi connectivity index (χ0n) is 10.7. The number of hydrogen-bond donors (Lipinski definition) is 1. The van der Waals surface area contributed by atoms with Crippen LogP contribution in [0, 0.1) is 5.82 Å². The van der Waals surface area contributed by atoms with E-state index in [1.807, 2.05) is 0 Å². The van der Waals surface area contributed by atoms with Gasteiger partial charge in [-0.25, -0.2) is 9.37 Å². The first-order valence-corrected chi connectivity index (χ1v) is 7.65. The highest BCUT2D eigenvalue weighted by molar-refractivity contribution is 7.79. The number of thiazole rings is 1. The smallest absolute Gasteiger partial charge is 0.165 e. The molecule has 0 unspecified atom stereocenters. The Hall–Kier alpha value is -1.07. The molecule has 1 aromatic carbocycles. The minimum Gasteiger partial charge on any atom is -0.483 e. The minimum atomic E-state index is -0.345. The van der Waals surface area contributed by atoms with Crippen LogP contribution in [0.15, 0.2) is 24.3 Å². The fourth-order valence-electron chi connectivity index (χ4n) is 1.76. The molecule has 0 aliphatic carbocycles. The summed E-state index contributed by atoms with van der Waals surface area (Å²) in [6.07, 6.45) is 2.00. The number of thiol groups is 1. The maximum atomic E-state index is 13.4. The summed E-state index contributed by atoms with van der Waals surface area (Å²) >= 11 is 5.90. The van der Waals surface area contributed by atoms with E-state index < -0.39 is 0 Å². The number of nitrogens with zero attached hydrogens (tertiary/aromatic N) is 1. The van der Waals surface area contributed by atoms with E-state index in [1.54, 1.807) is 29.5 Å². The van der Waals surface area contributed by atoms with Gasteiger partial charge in [0.2, 0.25) is 0 Å². The van der Waals surface area contributed by atoms with E-state index >= 15 is 0 Å². The van der Waals surface area contributed by atoms with Crippen LogP contribution in [0.25, 0.3) is 0 Å². The summed E-state index contributed by atoms with van der Waals surface area (Å²) in [5.41, 5.74) is 1.09. The molecule has 2 nitrogen and oxygen atoms in total. The molecule has 0 bridgehead atoms. The van der Waals surface area contributed by atoms with Gasteiger partial charge in [-0.2, -0.15) is 12.6 Å². The summed E-state index contributed by atoms with van der Waals surface area (Å²) in [5.74, 6) is 0.608. The van der Waals surface area contributed by atoms with Crippen LogP contribution in [-0.2, 0) is 18.8 Å². The monoisotopic (exact) mass is 297 g/mol. The Bertz CT molecular complexity index is 542. The zero-order valence-corrected chi connectivity index (χ0v) is 12.4. The van der Waals surface area contributed by atoms with Gasteiger partial charge in [0.1, 0.15) is 11.6 Å². The molecule has 1 aromatic heterocycles. The van der Waals surface area contributed by atoms with Crippen molar-refractivity contribution in [3.05, 3.63) is 45.7 Å². The molecule has 0 radical (unpaired) electrons. The molecular weight excluding hydrogens is 281 g/mol. The van der Waals surface area contributed by atoms with Crippen molar-refractivity contribution in [3.63, 3.8) is 0 Å². The maximum absolute atomic E-state index is 13.4. The lowest BCUT2D eigenvalue weighted by Gasteiger charge is -2.04. The van der Waals surface area contributed by atoms with Crippen LogP contribution < -0.4 is 4.74 Å². The highest BCUT2D eigenvalue weighted by atomic mass is 32.1. The van der Waals surface area contributed by atoms with Crippen LogP contribution in [0.5, 0.6) is 5.75 Å². The highest BCUT2D eigenvalue weighted by Gasteiger charge is 2.10. The van der Waals surface area contributed by atoms with E-state index in [-0.39, 0.29) is 11.6 Å². The van der Waals surface area contributed by atoms with Crippen LogP contribution in [-0.4, -0.2) is 4.98 Å². The summed E-state index contributed by atoms with van der Waals surface area (Å²) in [6, 6.07) is 6.40. The van der Waals surface area contributed by atoms with Gasteiger partial charge < -0.3 is 4.74 Å². The van der Waals surface area contributed by atoms with Crippen molar-refractivity contribution in [2.75, 3.05) is 0 Å². The Morgan fingerprint density at radius 3 is 2.84 bits per heavy atom. The molecule has 0 atom stereocenters. The zero-order chi connectivity index (χ0) is 13.7. The lowest BCUT2D eigenvalue weighted by Crippen LogP contribution is -1.97. The van der Waals surface area contributed by atoms with Gasteiger partial charge in [0.25, 0.3) is 0 Å². The predicted molar refractivity (Wildman–Crippen MR) is 79.5 cm³/mol. The van der Waals surface area contributed by atoms with Gasteiger partial charge in [0.15, 0.2) is 11.6 Å². The molecule has 0 aliphatic heterocycles. The predicted octanol–water partition coefficient (Wildman–Crippen LogP) is 4.24. The van der Waals surface area contributed by atoms with E-state index in [0.29, 0.717) is 12.4 Å². The standard InChI is InChI=1S/C14H16FNOS2/c1-2-5-11-13(9-18)19-14(16-11)8-17-12-7-4-3-6-10(12)15/h3-4,6-7,18H,2,5,8-9H2,1H3. The number of rotatable bonds is 6. The molecule has 0 fully saturated rings.